The van der Waals surface area contributed by atoms with E-state index in [1.807, 2.05) is 104 Å². The second kappa shape index (κ2) is 21.5. The predicted octanol–water partition coefficient (Wildman–Crippen LogP) is 6.96. The molecule has 2 aliphatic carbocycles. The first-order valence-corrected chi connectivity index (χ1v) is 28.0. The lowest BCUT2D eigenvalue weighted by atomic mass is 9.85. The first kappa shape index (κ1) is 54.0. The molecular formula is C57H71F2N11O6S. The number of carbonyl (C=O) groups excluding carboxylic acids is 5. The van der Waals surface area contributed by atoms with Gasteiger partial charge in [0.05, 0.1) is 46.2 Å². The molecule has 0 radical (unpaired) electrons. The quantitative estimate of drug-likeness (QED) is 0.0646. The van der Waals surface area contributed by atoms with E-state index >= 15 is 0 Å². The number of H-pyrrole nitrogens is 1. The van der Waals surface area contributed by atoms with Crippen molar-refractivity contribution in [3.8, 4) is 10.4 Å². The maximum atomic E-state index is 14.5. The number of carbonyl (C=O) groups is 5. The van der Waals surface area contributed by atoms with Gasteiger partial charge in [-0.1, -0.05) is 82.3 Å². The molecule has 6 heterocycles. The highest BCUT2D eigenvalue weighted by Gasteiger charge is 2.78. The van der Waals surface area contributed by atoms with Crippen molar-refractivity contribution in [3.05, 3.63) is 106 Å². The number of fused-ring (bicyclic) bond motifs is 2. The second-order valence-corrected chi connectivity index (χ2v) is 24.4. The highest BCUT2D eigenvalue weighted by atomic mass is 32.1. The van der Waals surface area contributed by atoms with Crippen LogP contribution in [-0.4, -0.2) is 138 Å². The van der Waals surface area contributed by atoms with Crippen LogP contribution in [0, 0.1) is 35.5 Å². The third kappa shape index (κ3) is 11.1. The number of aromatic nitrogens is 5. The zero-order chi connectivity index (χ0) is 54.6. The molecule has 3 saturated heterocycles. The fourth-order valence-corrected chi connectivity index (χ4v) is 13.1. The number of amides is 5. The van der Waals surface area contributed by atoms with Crippen LogP contribution in [-0.2, 0) is 32.0 Å². The summed E-state index contributed by atoms with van der Waals surface area (Å²) in [5.41, 5.74) is 5.70. The number of hydrogen-bond donors (Lipinski definition) is 5. The molecule has 5 aromatic rings. The number of aliphatic hydroxyl groups is 1. The Morgan fingerprint density at radius 1 is 0.961 bits per heavy atom. The van der Waals surface area contributed by atoms with Crippen LogP contribution in [0.4, 0.5) is 14.5 Å². The van der Waals surface area contributed by atoms with Gasteiger partial charge >= 0.3 is 0 Å². The molecule has 410 valence electrons. The van der Waals surface area contributed by atoms with Gasteiger partial charge in [0.25, 0.3) is 11.8 Å². The number of hydrogen-bond acceptors (Lipinski definition) is 11. The SMILES string of the molecule is Cc1ncsc1-c1ccc([C@H](C)NC(=O)[C@@H]2C[C@@H](O)CN2C(=O)C(NC(=O)CCN2CCC(CCC(=O)N3CC([C@@H](c4ccccc4)n4cc(NC(=O)c5n[nH]c6c5C[C@@H]5C(F)(F)[C@]5(C)C6)cn4)C3)CC2)C(C)(C)C)cc1. The molecule has 20 heteroatoms. The van der Waals surface area contributed by atoms with E-state index in [9.17, 15) is 37.9 Å². The van der Waals surface area contributed by atoms with Gasteiger partial charge < -0.3 is 35.8 Å². The topological polar surface area (TPSA) is 211 Å². The number of piperidine rings is 1. The molecule has 17 nitrogen and oxygen atoms in total. The molecular weight excluding hydrogens is 1000 g/mol. The molecule has 3 aliphatic heterocycles. The van der Waals surface area contributed by atoms with E-state index in [1.54, 1.807) is 30.7 Å². The van der Waals surface area contributed by atoms with E-state index in [4.69, 9.17) is 0 Å². The summed E-state index contributed by atoms with van der Waals surface area (Å²) in [6.07, 6.45) is 6.05. The summed E-state index contributed by atoms with van der Waals surface area (Å²) >= 11 is 1.57. The maximum absolute atomic E-state index is 14.5. The molecule has 7 atom stereocenters. The van der Waals surface area contributed by atoms with Crippen molar-refractivity contribution < 1.29 is 37.9 Å². The molecule has 0 bridgehead atoms. The molecule has 3 aromatic heterocycles. The Bertz CT molecular complexity index is 2980. The van der Waals surface area contributed by atoms with Crippen LogP contribution in [0.25, 0.3) is 10.4 Å². The van der Waals surface area contributed by atoms with Gasteiger partial charge in [-0.25, -0.2) is 13.8 Å². The smallest absolute Gasteiger partial charge is 0.276 e. The van der Waals surface area contributed by atoms with Crippen LogP contribution in [0.15, 0.2) is 72.5 Å². The Labute approximate surface area is 451 Å². The summed E-state index contributed by atoms with van der Waals surface area (Å²) in [7, 11) is 0. The number of aryl methyl sites for hydroxylation is 1. The minimum absolute atomic E-state index is 0.00446. The van der Waals surface area contributed by atoms with Crippen LogP contribution >= 0.6 is 11.3 Å². The zero-order valence-corrected chi connectivity index (χ0v) is 45.5. The number of halogens is 2. The number of aliphatic hydroxyl groups excluding tert-OH is 1. The van der Waals surface area contributed by atoms with Gasteiger partial charge in [-0.05, 0) is 80.6 Å². The number of rotatable bonds is 17. The predicted molar refractivity (Wildman–Crippen MR) is 287 cm³/mol. The van der Waals surface area contributed by atoms with Crippen LogP contribution in [0.2, 0.25) is 0 Å². The normalized spacial score (nSPS) is 23.5. The van der Waals surface area contributed by atoms with Crippen molar-refractivity contribution in [2.24, 2.45) is 28.6 Å². The number of benzene rings is 2. The van der Waals surface area contributed by atoms with E-state index < -0.39 is 52.7 Å². The summed E-state index contributed by atoms with van der Waals surface area (Å²) in [5, 5.41) is 31.4. The number of alkyl halides is 2. The lowest BCUT2D eigenvalue weighted by Crippen LogP contribution is -2.58. The van der Waals surface area contributed by atoms with Crippen molar-refractivity contribution >= 4 is 46.6 Å². The maximum Gasteiger partial charge on any atom is 0.276 e. The van der Waals surface area contributed by atoms with Crippen molar-refractivity contribution in [2.45, 2.75) is 129 Å². The van der Waals surface area contributed by atoms with Crippen molar-refractivity contribution in [3.63, 3.8) is 0 Å². The monoisotopic (exact) mass is 1080 g/mol. The number of β-amino-alcohol motifs (C(OH)–C–C–N with tert-alkyl or cyclic N) is 1. The largest absolute Gasteiger partial charge is 0.391 e. The summed E-state index contributed by atoms with van der Waals surface area (Å²) in [5.74, 6) is -4.48. The Morgan fingerprint density at radius 2 is 1.69 bits per heavy atom. The number of aromatic amines is 1. The highest BCUT2D eigenvalue weighted by molar-refractivity contribution is 7.13. The van der Waals surface area contributed by atoms with Gasteiger partial charge in [-0.3, -0.25) is 33.8 Å². The minimum atomic E-state index is -2.76. The fraction of sp³-hybridized carbons (Fsp3) is 0.544. The average molecular weight is 1080 g/mol. The Morgan fingerprint density at radius 3 is 2.38 bits per heavy atom. The summed E-state index contributed by atoms with van der Waals surface area (Å²) in [6.45, 7) is 14.3. The molecule has 5 aliphatic rings. The molecule has 0 spiro atoms. The van der Waals surface area contributed by atoms with Gasteiger partial charge in [-0.2, -0.15) is 10.2 Å². The Kier molecular flexibility index (Phi) is 15.0. The van der Waals surface area contributed by atoms with Crippen molar-refractivity contribution in [2.75, 3.05) is 44.6 Å². The first-order valence-electron chi connectivity index (χ1n) is 27.1. The molecule has 4 fully saturated rings. The number of anilines is 1. The minimum Gasteiger partial charge on any atom is -0.391 e. The van der Waals surface area contributed by atoms with E-state index in [2.05, 4.69) is 41.1 Å². The molecule has 1 saturated carbocycles. The van der Waals surface area contributed by atoms with Gasteiger partial charge in [0.15, 0.2) is 5.69 Å². The summed E-state index contributed by atoms with van der Waals surface area (Å²) in [4.78, 5) is 79.6. The van der Waals surface area contributed by atoms with Gasteiger partial charge in [0, 0.05) is 86.6 Å². The number of thiazole rings is 1. The molecule has 77 heavy (non-hydrogen) atoms. The third-order valence-electron chi connectivity index (χ3n) is 17.2. The molecule has 5 amide bonds. The molecule has 10 rings (SSSR count). The van der Waals surface area contributed by atoms with Crippen molar-refractivity contribution in [1.82, 2.24) is 50.3 Å². The van der Waals surface area contributed by atoms with Crippen LogP contribution in [0.1, 0.15) is 124 Å². The van der Waals surface area contributed by atoms with E-state index in [1.165, 1.54) is 4.90 Å². The van der Waals surface area contributed by atoms with Gasteiger partial charge in [0.2, 0.25) is 23.6 Å². The first-order chi connectivity index (χ1) is 36.7. The highest BCUT2D eigenvalue weighted by Crippen LogP contribution is 2.70. The van der Waals surface area contributed by atoms with Crippen LogP contribution in [0.3, 0.4) is 0 Å². The van der Waals surface area contributed by atoms with Crippen LogP contribution < -0.4 is 16.0 Å². The summed E-state index contributed by atoms with van der Waals surface area (Å²) < 4.78 is 30.9. The number of nitrogens with zero attached hydrogens (tertiary/aromatic N) is 7. The van der Waals surface area contributed by atoms with E-state index in [0.29, 0.717) is 48.9 Å². The van der Waals surface area contributed by atoms with E-state index in [-0.39, 0.29) is 73.6 Å². The summed E-state index contributed by atoms with van der Waals surface area (Å²) in [6, 6.07) is 15.5. The van der Waals surface area contributed by atoms with Crippen LogP contribution in [0.5, 0.6) is 0 Å². The average Bonchev–Trinajstić information content (AvgIpc) is 4.22. The third-order valence-corrected chi connectivity index (χ3v) is 18.2. The molecule has 1 unspecified atom stereocenters. The zero-order valence-electron chi connectivity index (χ0n) is 44.7. The second-order valence-electron chi connectivity index (χ2n) is 23.5. The lowest BCUT2D eigenvalue weighted by molar-refractivity contribution is -0.144. The number of likely N-dealkylation sites (tertiary alicyclic amines) is 3. The Balaban J connectivity index is 0.659. The lowest BCUT2D eigenvalue weighted by Gasteiger charge is -2.44. The number of nitrogens with one attached hydrogen (secondary N) is 4. The standard InChI is InChI=1S/C57H71F2N11O6S/c1-33(36-13-15-38(16-14-36)50-34(2)60-32-77-50)62-52(74)44-24-41(71)31-69(44)54(76)51(55(3,4)5)64-46(72)20-23-67-21-18-35(19-22-67)12-17-47(73)68-28-39(29-68)49(37-10-8-7-9-11-37)70-30-40(27-61-70)63-53(75)48-42-25-45-56(6,57(45,58)59)26-43(42)65-66-48/h7-11,13-16,27,30,32-33,35,39,41,44-45,49,51,71H,12,17-26,28-29,31H2,1-6H3,(H,62,74)(H,63,75)(H,64,72)(H,65,66)/t33-,41+,44-,45-,49+,51?,56+/m0/s1. The molecule has 5 N–H and O–H groups in total. The van der Waals surface area contributed by atoms with Gasteiger partial charge in [0.1, 0.15) is 12.1 Å². The Hall–Kier alpha value is -6.38. The van der Waals surface area contributed by atoms with Crippen molar-refractivity contribution in [1.29, 1.82) is 0 Å². The van der Waals surface area contributed by atoms with Gasteiger partial charge in [-0.15, -0.1) is 11.3 Å². The van der Waals surface area contributed by atoms with E-state index in [0.717, 1.165) is 59.6 Å². The fourth-order valence-electron chi connectivity index (χ4n) is 12.2. The molecule has 2 aromatic carbocycles.